The molecule has 0 saturated heterocycles. The Hall–Kier alpha value is -1.02. The lowest BCUT2D eigenvalue weighted by Crippen LogP contribution is -2.33. The van der Waals surface area contributed by atoms with E-state index >= 15 is 0 Å². The first-order valence-corrected chi connectivity index (χ1v) is 8.06. The van der Waals surface area contributed by atoms with E-state index in [1.165, 1.54) is 43.2 Å². The molecule has 0 amide bonds. The number of hydrogen-bond donors (Lipinski definition) is 2. The fourth-order valence-electron chi connectivity index (χ4n) is 3.72. The molecule has 1 aliphatic carbocycles. The molecule has 0 atom stereocenters. The van der Waals surface area contributed by atoms with Crippen molar-refractivity contribution in [1.29, 1.82) is 0 Å². The summed E-state index contributed by atoms with van der Waals surface area (Å²) in [6.45, 7) is 8.84. The highest BCUT2D eigenvalue weighted by atomic mass is 14.9. The number of hydrogen-bond acceptors (Lipinski definition) is 2. The monoisotopic (exact) mass is 274 g/mol. The van der Waals surface area contributed by atoms with Crippen molar-refractivity contribution in [2.24, 2.45) is 11.3 Å². The molecule has 0 aliphatic heterocycles. The van der Waals surface area contributed by atoms with Crippen molar-refractivity contribution in [1.82, 2.24) is 5.32 Å². The smallest absolute Gasteiger partial charge is 0.0346 e. The Balaban J connectivity index is 1.88. The van der Waals surface area contributed by atoms with Gasteiger partial charge in [0.05, 0.1) is 0 Å². The Morgan fingerprint density at radius 1 is 1.25 bits per heavy atom. The zero-order chi connectivity index (χ0) is 14.6. The maximum atomic E-state index is 5.98. The van der Waals surface area contributed by atoms with Gasteiger partial charge in [0.1, 0.15) is 0 Å². The van der Waals surface area contributed by atoms with Crippen LogP contribution in [0.5, 0.6) is 0 Å². The molecule has 2 nitrogen and oxygen atoms in total. The van der Waals surface area contributed by atoms with E-state index in [1.54, 1.807) is 0 Å². The number of anilines is 1. The molecule has 1 aromatic carbocycles. The van der Waals surface area contributed by atoms with Gasteiger partial charge in [-0.3, -0.25) is 0 Å². The van der Waals surface area contributed by atoms with E-state index < -0.39 is 0 Å². The van der Waals surface area contributed by atoms with Crippen LogP contribution in [0.25, 0.3) is 0 Å². The predicted octanol–water partition coefficient (Wildman–Crippen LogP) is 4.27. The topological polar surface area (TPSA) is 38.0 Å². The van der Waals surface area contributed by atoms with E-state index in [0.29, 0.717) is 5.41 Å². The van der Waals surface area contributed by atoms with Gasteiger partial charge in [-0.2, -0.15) is 0 Å². The normalized spacial score (nSPS) is 17.8. The van der Waals surface area contributed by atoms with E-state index in [1.807, 2.05) is 0 Å². The molecule has 0 unspecified atom stereocenters. The summed E-state index contributed by atoms with van der Waals surface area (Å²) in [5.41, 5.74) is 9.89. The number of aryl methyl sites for hydroxylation is 1. The van der Waals surface area contributed by atoms with Crippen molar-refractivity contribution >= 4 is 5.69 Å². The zero-order valence-corrected chi connectivity index (χ0v) is 13.3. The molecule has 2 rings (SSSR count). The van der Waals surface area contributed by atoms with Gasteiger partial charge in [-0.1, -0.05) is 38.8 Å². The maximum absolute atomic E-state index is 5.98. The van der Waals surface area contributed by atoms with E-state index in [9.17, 15) is 0 Å². The molecular formula is C18H30N2. The number of benzene rings is 1. The molecule has 0 radical (unpaired) electrons. The van der Waals surface area contributed by atoms with Crippen LogP contribution in [-0.2, 0) is 6.54 Å². The minimum Gasteiger partial charge on any atom is -0.399 e. The summed E-state index contributed by atoms with van der Waals surface area (Å²) in [5.74, 6) is 0.796. The van der Waals surface area contributed by atoms with E-state index in [-0.39, 0.29) is 0 Å². The molecule has 0 spiro atoms. The van der Waals surface area contributed by atoms with Crippen molar-refractivity contribution in [3.8, 4) is 0 Å². The van der Waals surface area contributed by atoms with Gasteiger partial charge >= 0.3 is 0 Å². The van der Waals surface area contributed by atoms with Gasteiger partial charge in [0.25, 0.3) is 0 Å². The highest BCUT2D eigenvalue weighted by Gasteiger charge is 2.33. The molecule has 3 N–H and O–H groups in total. The minimum atomic E-state index is 0.546. The van der Waals surface area contributed by atoms with Gasteiger partial charge in [-0.25, -0.2) is 0 Å². The maximum Gasteiger partial charge on any atom is 0.0346 e. The number of nitrogens with one attached hydrogen (secondary N) is 1. The molecule has 1 fully saturated rings. The quantitative estimate of drug-likeness (QED) is 0.760. The van der Waals surface area contributed by atoms with Gasteiger partial charge in [0.15, 0.2) is 0 Å². The standard InChI is InChI=1S/C18H30N2/c1-14(2)11-18(8-4-5-9-18)13-20-12-16-7-6-15(3)17(19)10-16/h6-7,10,14,20H,4-5,8-9,11-13,19H2,1-3H3. The third kappa shape index (κ3) is 3.99. The van der Waals surface area contributed by atoms with Crippen LogP contribution in [0.4, 0.5) is 5.69 Å². The molecular weight excluding hydrogens is 244 g/mol. The van der Waals surface area contributed by atoms with Gasteiger partial charge in [-0.05, 0) is 54.7 Å². The van der Waals surface area contributed by atoms with Crippen LogP contribution in [0.15, 0.2) is 18.2 Å². The Bertz CT molecular complexity index is 431. The van der Waals surface area contributed by atoms with Crippen LogP contribution in [-0.4, -0.2) is 6.54 Å². The van der Waals surface area contributed by atoms with Crippen molar-refractivity contribution in [2.75, 3.05) is 12.3 Å². The fourth-order valence-corrected chi connectivity index (χ4v) is 3.72. The average Bonchev–Trinajstić information content (AvgIpc) is 2.81. The first kappa shape index (κ1) is 15.4. The Morgan fingerprint density at radius 2 is 1.95 bits per heavy atom. The van der Waals surface area contributed by atoms with Crippen LogP contribution in [0.2, 0.25) is 0 Å². The van der Waals surface area contributed by atoms with Crippen molar-refractivity contribution in [2.45, 2.75) is 59.4 Å². The Labute approximate surface area is 124 Å². The Morgan fingerprint density at radius 3 is 2.55 bits per heavy atom. The van der Waals surface area contributed by atoms with Gasteiger partial charge in [0.2, 0.25) is 0 Å². The summed E-state index contributed by atoms with van der Waals surface area (Å²) in [6.07, 6.45) is 6.97. The molecule has 1 saturated carbocycles. The lowest BCUT2D eigenvalue weighted by molar-refractivity contribution is 0.223. The van der Waals surface area contributed by atoms with E-state index in [2.05, 4.69) is 44.3 Å². The Kier molecular flexibility index (Phi) is 5.09. The summed E-state index contributed by atoms with van der Waals surface area (Å²) >= 11 is 0. The van der Waals surface area contributed by atoms with Crippen LogP contribution in [0.1, 0.15) is 57.1 Å². The molecule has 0 aromatic heterocycles. The number of nitrogen functional groups attached to an aromatic ring is 1. The van der Waals surface area contributed by atoms with Gasteiger partial charge in [0, 0.05) is 18.8 Å². The summed E-state index contributed by atoms with van der Waals surface area (Å²) in [6, 6.07) is 6.40. The highest BCUT2D eigenvalue weighted by Crippen LogP contribution is 2.42. The molecule has 1 aliphatic rings. The summed E-state index contributed by atoms with van der Waals surface area (Å²) in [5, 5.41) is 3.68. The summed E-state index contributed by atoms with van der Waals surface area (Å²) in [4.78, 5) is 0. The van der Waals surface area contributed by atoms with Crippen molar-refractivity contribution < 1.29 is 0 Å². The summed E-state index contributed by atoms with van der Waals surface area (Å²) in [7, 11) is 0. The number of nitrogens with two attached hydrogens (primary N) is 1. The average molecular weight is 274 g/mol. The number of rotatable bonds is 6. The van der Waals surface area contributed by atoms with Gasteiger partial charge in [-0.15, -0.1) is 0 Å². The van der Waals surface area contributed by atoms with Gasteiger partial charge < -0.3 is 11.1 Å². The zero-order valence-electron chi connectivity index (χ0n) is 13.3. The molecule has 1 aromatic rings. The molecule has 20 heavy (non-hydrogen) atoms. The van der Waals surface area contributed by atoms with Crippen molar-refractivity contribution in [3.05, 3.63) is 29.3 Å². The second-order valence-corrected chi connectivity index (χ2v) is 7.10. The highest BCUT2D eigenvalue weighted by molar-refractivity contribution is 5.48. The molecule has 112 valence electrons. The summed E-state index contributed by atoms with van der Waals surface area (Å²) < 4.78 is 0. The van der Waals surface area contributed by atoms with Crippen LogP contribution < -0.4 is 11.1 Å². The van der Waals surface area contributed by atoms with E-state index in [0.717, 1.165) is 24.7 Å². The lowest BCUT2D eigenvalue weighted by Gasteiger charge is -2.31. The second-order valence-electron chi connectivity index (χ2n) is 7.10. The third-order valence-electron chi connectivity index (χ3n) is 4.68. The van der Waals surface area contributed by atoms with Crippen LogP contribution in [0.3, 0.4) is 0 Å². The fraction of sp³-hybridized carbons (Fsp3) is 0.667. The predicted molar refractivity (Wildman–Crippen MR) is 87.7 cm³/mol. The van der Waals surface area contributed by atoms with Crippen molar-refractivity contribution in [3.63, 3.8) is 0 Å². The minimum absolute atomic E-state index is 0.546. The molecule has 0 bridgehead atoms. The lowest BCUT2D eigenvalue weighted by atomic mass is 9.78. The molecule has 0 heterocycles. The second kappa shape index (κ2) is 6.62. The first-order valence-electron chi connectivity index (χ1n) is 8.06. The molecule has 2 heteroatoms. The third-order valence-corrected chi connectivity index (χ3v) is 4.68. The SMILES string of the molecule is Cc1ccc(CNCC2(CC(C)C)CCCC2)cc1N. The largest absolute Gasteiger partial charge is 0.399 e. The first-order chi connectivity index (χ1) is 9.51. The van der Waals surface area contributed by atoms with Crippen LogP contribution >= 0.6 is 0 Å². The van der Waals surface area contributed by atoms with Crippen LogP contribution in [0, 0.1) is 18.3 Å². The van der Waals surface area contributed by atoms with E-state index in [4.69, 9.17) is 5.73 Å².